The Balaban J connectivity index is 1.78. The number of hydrogen-bond donors (Lipinski definition) is 0. The predicted molar refractivity (Wildman–Crippen MR) is 68.6 cm³/mol. The molecule has 15 heavy (non-hydrogen) atoms. The number of piperazine rings is 1. The van der Waals surface area contributed by atoms with Crippen molar-refractivity contribution in [3.05, 3.63) is 0 Å². The summed E-state index contributed by atoms with van der Waals surface area (Å²) in [4.78, 5) is 5.39. The molecule has 0 spiro atoms. The van der Waals surface area contributed by atoms with Crippen molar-refractivity contribution in [2.24, 2.45) is 0 Å². The van der Waals surface area contributed by atoms with Gasteiger partial charge in [0, 0.05) is 37.5 Å². The van der Waals surface area contributed by atoms with Gasteiger partial charge in [-0.3, -0.25) is 9.80 Å². The maximum Gasteiger partial charge on any atom is 0.0224 e. The van der Waals surface area contributed by atoms with E-state index in [0.717, 1.165) is 12.1 Å². The molecule has 2 rings (SSSR count). The van der Waals surface area contributed by atoms with Gasteiger partial charge in [-0.15, -0.1) is 0 Å². The Hall–Kier alpha value is 0.270. The molecular weight excluding hydrogens is 204 g/mol. The lowest BCUT2D eigenvalue weighted by Gasteiger charge is -2.40. The summed E-state index contributed by atoms with van der Waals surface area (Å²) in [5.41, 5.74) is 0. The number of nitrogens with zero attached hydrogens (tertiary/aromatic N) is 2. The zero-order chi connectivity index (χ0) is 10.7. The Morgan fingerprint density at radius 2 is 2.20 bits per heavy atom. The summed E-state index contributed by atoms with van der Waals surface area (Å²) in [5, 5.41) is 0. The molecule has 0 aromatic rings. The summed E-state index contributed by atoms with van der Waals surface area (Å²) >= 11 is 2.08. The minimum Gasteiger partial charge on any atom is -0.298 e. The molecule has 2 unspecified atom stereocenters. The first-order valence-electron chi connectivity index (χ1n) is 6.37. The summed E-state index contributed by atoms with van der Waals surface area (Å²) < 4.78 is 0. The Morgan fingerprint density at radius 3 is 3.00 bits per heavy atom. The lowest BCUT2D eigenvalue weighted by molar-refractivity contribution is 0.0841. The number of thioether (sulfide) groups is 1. The van der Waals surface area contributed by atoms with Gasteiger partial charge in [-0.05, 0) is 32.1 Å². The second-order valence-electron chi connectivity index (χ2n) is 4.84. The monoisotopic (exact) mass is 228 g/mol. The van der Waals surface area contributed by atoms with Crippen LogP contribution in [-0.2, 0) is 0 Å². The van der Waals surface area contributed by atoms with E-state index in [9.17, 15) is 0 Å². The van der Waals surface area contributed by atoms with Crippen LogP contribution in [0, 0.1) is 0 Å². The third-order valence-electron chi connectivity index (χ3n) is 3.81. The van der Waals surface area contributed by atoms with E-state index in [2.05, 4.69) is 35.4 Å². The molecule has 2 saturated heterocycles. The van der Waals surface area contributed by atoms with Crippen LogP contribution < -0.4 is 0 Å². The maximum atomic E-state index is 2.70. The summed E-state index contributed by atoms with van der Waals surface area (Å²) in [7, 11) is 0. The largest absolute Gasteiger partial charge is 0.298 e. The molecule has 0 radical (unpaired) electrons. The van der Waals surface area contributed by atoms with Gasteiger partial charge in [0.2, 0.25) is 0 Å². The van der Waals surface area contributed by atoms with Crippen molar-refractivity contribution in [2.75, 3.05) is 37.7 Å². The van der Waals surface area contributed by atoms with Gasteiger partial charge in [0.25, 0.3) is 0 Å². The van der Waals surface area contributed by atoms with Crippen LogP contribution in [0.25, 0.3) is 0 Å². The van der Waals surface area contributed by atoms with E-state index in [1.165, 1.54) is 50.5 Å². The van der Waals surface area contributed by atoms with Crippen molar-refractivity contribution in [1.29, 1.82) is 0 Å². The summed E-state index contributed by atoms with van der Waals surface area (Å²) in [6.07, 6.45) is 2.86. The molecule has 3 heteroatoms. The first kappa shape index (κ1) is 11.7. The molecule has 0 aromatic carbocycles. The number of fused-ring (bicyclic) bond motifs is 1. The topological polar surface area (TPSA) is 6.48 Å². The second-order valence-corrected chi connectivity index (χ2v) is 6.15. The van der Waals surface area contributed by atoms with E-state index >= 15 is 0 Å². The van der Waals surface area contributed by atoms with Gasteiger partial charge in [0.05, 0.1) is 0 Å². The molecule has 0 saturated carbocycles. The van der Waals surface area contributed by atoms with Crippen LogP contribution in [0.4, 0.5) is 0 Å². The normalized spacial score (nSPS) is 30.4. The highest BCUT2D eigenvalue weighted by molar-refractivity contribution is 7.99. The number of rotatable bonds is 4. The van der Waals surface area contributed by atoms with Crippen LogP contribution in [0.1, 0.15) is 26.7 Å². The van der Waals surface area contributed by atoms with Crippen LogP contribution in [0.2, 0.25) is 0 Å². The zero-order valence-corrected chi connectivity index (χ0v) is 10.9. The van der Waals surface area contributed by atoms with E-state index in [1.807, 2.05) is 0 Å². The average Bonchev–Trinajstić information content (AvgIpc) is 2.72. The molecular formula is C12H24N2S. The Morgan fingerprint density at radius 1 is 1.33 bits per heavy atom. The Bertz CT molecular complexity index is 198. The molecule has 2 nitrogen and oxygen atoms in total. The molecule has 0 amide bonds. The predicted octanol–water partition coefficient (Wildman–Crippen LogP) is 1.91. The van der Waals surface area contributed by atoms with Crippen molar-refractivity contribution in [3.63, 3.8) is 0 Å². The second kappa shape index (κ2) is 5.55. The molecule has 2 fully saturated rings. The SMILES string of the molecule is CCSCC(C)N1CCN2CCCC2C1. The minimum atomic E-state index is 0.776. The van der Waals surface area contributed by atoms with Gasteiger partial charge >= 0.3 is 0 Å². The maximum absolute atomic E-state index is 2.70. The van der Waals surface area contributed by atoms with Crippen LogP contribution >= 0.6 is 11.8 Å². The zero-order valence-electron chi connectivity index (χ0n) is 10.1. The third-order valence-corrected chi connectivity index (χ3v) is 4.93. The molecule has 2 aliphatic heterocycles. The van der Waals surface area contributed by atoms with Crippen LogP contribution in [0.15, 0.2) is 0 Å². The molecule has 0 bridgehead atoms. The molecule has 0 aliphatic carbocycles. The summed E-state index contributed by atoms with van der Waals surface area (Å²) in [6.45, 7) is 9.94. The lowest BCUT2D eigenvalue weighted by Crippen LogP contribution is -2.53. The highest BCUT2D eigenvalue weighted by Gasteiger charge is 2.31. The van der Waals surface area contributed by atoms with Gasteiger partial charge in [-0.2, -0.15) is 11.8 Å². The molecule has 2 aliphatic rings. The molecule has 0 N–H and O–H groups in total. The van der Waals surface area contributed by atoms with Crippen molar-refractivity contribution in [3.8, 4) is 0 Å². The summed E-state index contributed by atoms with van der Waals surface area (Å²) in [5.74, 6) is 2.57. The highest BCUT2D eigenvalue weighted by Crippen LogP contribution is 2.23. The first-order valence-corrected chi connectivity index (χ1v) is 7.52. The minimum absolute atomic E-state index is 0.776. The Kier molecular flexibility index (Phi) is 4.35. The summed E-state index contributed by atoms with van der Waals surface area (Å²) in [6, 6.07) is 1.66. The van der Waals surface area contributed by atoms with Crippen molar-refractivity contribution >= 4 is 11.8 Å². The number of hydrogen-bond acceptors (Lipinski definition) is 3. The van der Waals surface area contributed by atoms with E-state index in [1.54, 1.807) is 0 Å². The molecule has 0 aromatic heterocycles. The fourth-order valence-electron chi connectivity index (χ4n) is 2.81. The van der Waals surface area contributed by atoms with E-state index in [4.69, 9.17) is 0 Å². The van der Waals surface area contributed by atoms with Gasteiger partial charge in [0.1, 0.15) is 0 Å². The quantitative estimate of drug-likeness (QED) is 0.726. The first-order chi connectivity index (χ1) is 7.31. The van der Waals surface area contributed by atoms with Gasteiger partial charge in [-0.1, -0.05) is 6.92 Å². The van der Waals surface area contributed by atoms with Gasteiger partial charge < -0.3 is 0 Å². The van der Waals surface area contributed by atoms with Crippen molar-refractivity contribution < 1.29 is 0 Å². The molecule has 2 heterocycles. The highest BCUT2D eigenvalue weighted by atomic mass is 32.2. The molecule has 2 atom stereocenters. The Labute approximate surface area is 98.4 Å². The van der Waals surface area contributed by atoms with E-state index in [-0.39, 0.29) is 0 Å². The van der Waals surface area contributed by atoms with Crippen LogP contribution in [0.5, 0.6) is 0 Å². The smallest absolute Gasteiger partial charge is 0.0224 e. The van der Waals surface area contributed by atoms with Gasteiger partial charge in [-0.25, -0.2) is 0 Å². The molecule has 88 valence electrons. The lowest BCUT2D eigenvalue weighted by atomic mass is 10.1. The third kappa shape index (κ3) is 2.89. The van der Waals surface area contributed by atoms with Crippen LogP contribution in [0.3, 0.4) is 0 Å². The fraction of sp³-hybridized carbons (Fsp3) is 1.00. The average molecular weight is 228 g/mol. The van der Waals surface area contributed by atoms with Crippen molar-refractivity contribution in [1.82, 2.24) is 9.80 Å². The van der Waals surface area contributed by atoms with Gasteiger partial charge in [0.15, 0.2) is 0 Å². The fourth-order valence-corrected chi connectivity index (χ4v) is 3.60. The van der Waals surface area contributed by atoms with Crippen LogP contribution in [-0.4, -0.2) is 59.6 Å². The van der Waals surface area contributed by atoms with Crippen molar-refractivity contribution in [2.45, 2.75) is 38.8 Å². The standard InChI is InChI=1S/C12H24N2S/c1-3-15-10-11(2)14-8-7-13-6-4-5-12(13)9-14/h11-12H,3-10H2,1-2H3. The van der Waals surface area contributed by atoms with E-state index < -0.39 is 0 Å². The van der Waals surface area contributed by atoms with E-state index in [0.29, 0.717) is 0 Å².